The van der Waals surface area contributed by atoms with Gasteiger partial charge in [0.05, 0.1) is 6.04 Å². The summed E-state index contributed by atoms with van der Waals surface area (Å²) in [6, 6.07) is 14.4. The molecule has 0 bridgehead atoms. The fourth-order valence-corrected chi connectivity index (χ4v) is 5.31. The van der Waals surface area contributed by atoms with Crippen molar-refractivity contribution in [2.45, 2.75) is 95.5 Å². The summed E-state index contributed by atoms with van der Waals surface area (Å²) in [6.07, 6.45) is 1.93. The number of unbranched alkanes of at least 4 members (excludes halogenated alkanes) is 1. The molecule has 2 aromatic rings. The van der Waals surface area contributed by atoms with Crippen molar-refractivity contribution in [1.29, 1.82) is 0 Å². The second-order valence-corrected chi connectivity index (χ2v) is 12.6. The molecule has 0 unspecified atom stereocenters. The summed E-state index contributed by atoms with van der Waals surface area (Å²) in [7, 11) is 0. The van der Waals surface area contributed by atoms with Crippen LogP contribution in [0, 0.1) is 0 Å². The third-order valence-corrected chi connectivity index (χ3v) is 7.57. The van der Waals surface area contributed by atoms with Gasteiger partial charge in [0.15, 0.2) is 0 Å². The van der Waals surface area contributed by atoms with Gasteiger partial charge in [0, 0.05) is 19.5 Å². The van der Waals surface area contributed by atoms with Crippen LogP contribution < -0.4 is 21.7 Å². The van der Waals surface area contributed by atoms with E-state index in [1.807, 2.05) is 36.4 Å². The molecule has 0 aromatic heterocycles. The maximum atomic E-state index is 13.6. The maximum absolute atomic E-state index is 13.6. The third-order valence-electron chi connectivity index (χ3n) is 7.57. The Morgan fingerprint density at radius 3 is 2.11 bits per heavy atom. The molecule has 1 aliphatic heterocycles. The van der Waals surface area contributed by atoms with E-state index in [1.54, 1.807) is 45.0 Å². The zero-order valence-corrected chi connectivity index (χ0v) is 26.9. The number of rotatable bonds is 15. The van der Waals surface area contributed by atoms with Crippen molar-refractivity contribution in [2.75, 3.05) is 13.1 Å². The van der Waals surface area contributed by atoms with Gasteiger partial charge in [0.25, 0.3) is 0 Å². The summed E-state index contributed by atoms with van der Waals surface area (Å²) in [5.74, 6) is -2.69. The lowest BCUT2D eigenvalue weighted by Crippen LogP contribution is -2.57. The first-order chi connectivity index (χ1) is 21.8. The molecule has 2 aromatic carbocycles. The fourth-order valence-electron chi connectivity index (χ4n) is 5.31. The molecule has 12 nitrogen and oxygen atoms in total. The molecule has 1 fully saturated rings. The molecule has 3 rings (SSSR count). The molecule has 250 valence electrons. The van der Waals surface area contributed by atoms with E-state index in [4.69, 9.17) is 10.5 Å². The third kappa shape index (κ3) is 11.8. The van der Waals surface area contributed by atoms with Crippen LogP contribution in [0.5, 0.6) is 0 Å². The number of nitrogens with one attached hydrogen (secondary N) is 3. The fraction of sp³-hybridized carbons (Fsp3) is 0.500. The first-order valence-corrected chi connectivity index (χ1v) is 15.8. The van der Waals surface area contributed by atoms with Crippen LogP contribution in [0.2, 0.25) is 0 Å². The Morgan fingerprint density at radius 2 is 1.52 bits per heavy atom. The largest absolute Gasteiger partial charge is 0.480 e. The van der Waals surface area contributed by atoms with Gasteiger partial charge in [0.1, 0.15) is 23.7 Å². The quantitative estimate of drug-likeness (QED) is 0.185. The van der Waals surface area contributed by atoms with E-state index in [2.05, 4.69) is 16.0 Å². The SMILES string of the molecule is CC(C)(C)OC(=O)NCCCC[C@H](NC(=O)[C@H]1CCCN1C(=O)[C@@H](N)Cc1ccccc1)C(=O)N[C@@H](Cc1ccccc1)C(=O)O. The number of benzene rings is 2. The second-order valence-electron chi connectivity index (χ2n) is 12.6. The molecule has 1 saturated heterocycles. The number of likely N-dealkylation sites (tertiary alicyclic amines) is 1. The number of ether oxygens (including phenoxy) is 1. The molecule has 12 heteroatoms. The summed E-state index contributed by atoms with van der Waals surface area (Å²) >= 11 is 0. The molecular weight excluding hydrogens is 590 g/mol. The van der Waals surface area contributed by atoms with Crippen LogP contribution >= 0.6 is 0 Å². The first-order valence-electron chi connectivity index (χ1n) is 15.8. The summed E-state index contributed by atoms with van der Waals surface area (Å²) < 4.78 is 5.24. The van der Waals surface area contributed by atoms with Crippen LogP contribution in [0.1, 0.15) is 64.0 Å². The van der Waals surface area contributed by atoms with Crippen molar-refractivity contribution >= 4 is 29.8 Å². The monoisotopic (exact) mass is 637 g/mol. The van der Waals surface area contributed by atoms with E-state index in [1.165, 1.54) is 4.90 Å². The van der Waals surface area contributed by atoms with Gasteiger partial charge >= 0.3 is 12.1 Å². The number of hydrogen-bond acceptors (Lipinski definition) is 7. The van der Waals surface area contributed by atoms with Gasteiger partial charge in [0.2, 0.25) is 17.7 Å². The Bertz CT molecular complexity index is 1320. The number of carboxylic acid groups (broad SMARTS) is 1. The van der Waals surface area contributed by atoms with E-state index < -0.39 is 53.6 Å². The minimum Gasteiger partial charge on any atom is -0.480 e. The Kier molecular flexibility index (Phi) is 13.5. The molecule has 4 atom stereocenters. The van der Waals surface area contributed by atoms with Crippen molar-refractivity contribution in [3.05, 3.63) is 71.8 Å². The molecule has 0 spiro atoms. The predicted molar refractivity (Wildman–Crippen MR) is 173 cm³/mol. The van der Waals surface area contributed by atoms with Crippen LogP contribution in [-0.4, -0.2) is 82.6 Å². The van der Waals surface area contributed by atoms with E-state index in [0.717, 1.165) is 11.1 Å². The zero-order valence-electron chi connectivity index (χ0n) is 26.9. The molecular formula is C34H47N5O7. The standard InChI is InChI=1S/C34H47N5O7/c1-34(2,3)46-33(45)36-19-11-10-17-26(29(40)38-27(32(43)44)22-24-15-8-5-9-16-24)37-30(41)28-18-12-20-39(28)31(42)25(35)21-23-13-6-4-7-14-23/h4-9,13-16,25-28H,10-12,17-22,35H2,1-3H3,(H,36,45)(H,37,41)(H,38,40)(H,43,44)/t25-,26-,27-,28+/m0/s1. The molecule has 1 heterocycles. The number of carbonyl (C=O) groups is 5. The smallest absolute Gasteiger partial charge is 0.407 e. The van der Waals surface area contributed by atoms with Crippen molar-refractivity contribution in [3.8, 4) is 0 Å². The van der Waals surface area contributed by atoms with Gasteiger partial charge < -0.3 is 36.4 Å². The summed E-state index contributed by atoms with van der Waals surface area (Å²) in [5.41, 5.74) is 7.25. The van der Waals surface area contributed by atoms with E-state index in [0.29, 0.717) is 38.6 Å². The Morgan fingerprint density at radius 1 is 0.913 bits per heavy atom. The number of alkyl carbamates (subject to hydrolysis) is 1. The molecule has 1 aliphatic rings. The lowest BCUT2D eigenvalue weighted by atomic mass is 10.0. The zero-order chi connectivity index (χ0) is 33.7. The van der Waals surface area contributed by atoms with Crippen molar-refractivity contribution in [3.63, 3.8) is 0 Å². The van der Waals surface area contributed by atoms with Crippen LogP contribution in [0.3, 0.4) is 0 Å². The van der Waals surface area contributed by atoms with Gasteiger partial charge in [-0.25, -0.2) is 9.59 Å². The van der Waals surface area contributed by atoms with Crippen molar-refractivity contribution in [2.24, 2.45) is 5.73 Å². The second kappa shape index (κ2) is 17.3. The molecule has 0 radical (unpaired) electrons. The molecule has 0 aliphatic carbocycles. The summed E-state index contributed by atoms with van der Waals surface area (Å²) in [6.45, 7) is 5.93. The maximum Gasteiger partial charge on any atom is 0.407 e. The highest BCUT2D eigenvalue weighted by atomic mass is 16.6. The van der Waals surface area contributed by atoms with Gasteiger partial charge in [-0.2, -0.15) is 0 Å². The summed E-state index contributed by atoms with van der Waals surface area (Å²) in [4.78, 5) is 65.8. The van der Waals surface area contributed by atoms with E-state index in [-0.39, 0.29) is 25.3 Å². The minimum atomic E-state index is -1.22. The Hall–Kier alpha value is -4.45. The number of hydrogen-bond donors (Lipinski definition) is 5. The molecule has 6 N–H and O–H groups in total. The molecule has 4 amide bonds. The average Bonchev–Trinajstić information content (AvgIpc) is 3.50. The van der Waals surface area contributed by atoms with Crippen LogP contribution in [0.4, 0.5) is 4.79 Å². The van der Waals surface area contributed by atoms with E-state index >= 15 is 0 Å². The first kappa shape index (κ1) is 36.0. The molecule has 46 heavy (non-hydrogen) atoms. The van der Waals surface area contributed by atoms with Crippen LogP contribution in [0.25, 0.3) is 0 Å². The summed E-state index contributed by atoms with van der Waals surface area (Å²) in [5, 5.41) is 17.9. The normalized spacial score (nSPS) is 16.5. The van der Waals surface area contributed by atoms with Crippen LogP contribution in [0.15, 0.2) is 60.7 Å². The van der Waals surface area contributed by atoms with Gasteiger partial charge in [-0.1, -0.05) is 60.7 Å². The Balaban J connectivity index is 1.66. The molecule has 0 saturated carbocycles. The van der Waals surface area contributed by atoms with Crippen LogP contribution in [-0.2, 0) is 36.8 Å². The van der Waals surface area contributed by atoms with Gasteiger partial charge in [-0.05, 0) is 70.4 Å². The van der Waals surface area contributed by atoms with E-state index in [9.17, 15) is 29.1 Å². The number of nitrogens with zero attached hydrogens (tertiary/aromatic N) is 1. The lowest BCUT2D eigenvalue weighted by molar-refractivity contribution is -0.143. The number of carbonyl (C=O) groups excluding carboxylic acids is 4. The number of amides is 4. The van der Waals surface area contributed by atoms with Gasteiger partial charge in [-0.3, -0.25) is 14.4 Å². The lowest BCUT2D eigenvalue weighted by Gasteiger charge is -2.29. The van der Waals surface area contributed by atoms with Gasteiger partial charge in [-0.15, -0.1) is 0 Å². The highest BCUT2D eigenvalue weighted by Gasteiger charge is 2.38. The topological polar surface area (TPSA) is 180 Å². The van der Waals surface area contributed by atoms with Crippen molar-refractivity contribution in [1.82, 2.24) is 20.9 Å². The minimum absolute atomic E-state index is 0.0621. The predicted octanol–water partition coefficient (Wildman–Crippen LogP) is 2.54. The highest BCUT2D eigenvalue weighted by Crippen LogP contribution is 2.20. The number of aliphatic carboxylic acids is 1. The average molecular weight is 638 g/mol. The van der Waals surface area contributed by atoms with Crippen molar-refractivity contribution < 1.29 is 33.8 Å². The number of carboxylic acids is 1. The highest BCUT2D eigenvalue weighted by molar-refractivity contribution is 5.94. The Labute approximate surface area is 270 Å². The number of nitrogens with two attached hydrogens (primary N) is 1.